The molecule has 8 nitrogen and oxygen atoms in total. The van der Waals surface area contributed by atoms with Crippen molar-refractivity contribution in [1.29, 1.82) is 0 Å². The molecule has 0 bridgehead atoms. The van der Waals surface area contributed by atoms with Crippen molar-refractivity contribution in [2.24, 2.45) is 11.3 Å². The minimum Gasteiger partial charge on any atom is -0.377 e. The summed E-state index contributed by atoms with van der Waals surface area (Å²) in [6.45, 7) is 15.8. The number of carbonyl (C=O) groups excluding carboxylic acids is 2. The molecule has 0 spiro atoms. The third-order valence-corrected chi connectivity index (χ3v) is 8.13. The maximum Gasteiger partial charge on any atom is 0.242 e. The fourth-order valence-corrected chi connectivity index (χ4v) is 6.04. The topological polar surface area (TPSA) is 90.6 Å². The molecule has 0 radical (unpaired) electrons. The number of amides is 2. The van der Waals surface area contributed by atoms with Gasteiger partial charge in [0.05, 0.1) is 36.5 Å². The number of aromatic nitrogens is 2. The van der Waals surface area contributed by atoms with Crippen molar-refractivity contribution in [3.05, 3.63) is 29.1 Å². The van der Waals surface area contributed by atoms with Gasteiger partial charge in [0.25, 0.3) is 0 Å². The SMILES string of the molecule is CC.CC(C)OCCN(C=O)CC(=O)N(C)C1C=CC2C[C@](C)(c3n[nH]c4c3CCC(C)(C)C4)NC2C1. The Balaban J connectivity index is 0.00000186. The number of rotatable bonds is 9. The van der Waals surface area contributed by atoms with Gasteiger partial charge in [0, 0.05) is 25.3 Å². The molecule has 2 N–H and O–H groups in total. The Labute approximate surface area is 223 Å². The van der Waals surface area contributed by atoms with E-state index in [4.69, 9.17) is 9.84 Å². The van der Waals surface area contributed by atoms with Crippen molar-refractivity contribution in [3.63, 3.8) is 0 Å². The zero-order chi connectivity index (χ0) is 27.4. The first kappa shape index (κ1) is 29.4. The number of ether oxygens (including phenoxy) is 1. The van der Waals surface area contributed by atoms with Crippen LogP contribution in [0.3, 0.4) is 0 Å². The summed E-state index contributed by atoms with van der Waals surface area (Å²) >= 11 is 0. The first-order valence-electron chi connectivity index (χ1n) is 14.1. The number of fused-ring (bicyclic) bond motifs is 2. The zero-order valence-corrected chi connectivity index (χ0v) is 24.3. The van der Waals surface area contributed by atoms with Crippen molar-refractivity contribution < 1.29 is 14.3 Å². The highest BCUT2D eigenvalue weighted by Crippen LogP contribution is 2.44. The van der Waals surface area contributed by atoms with Gasteiger partial charge in [-0.2, -0.15) is 5.10 Å². The first-order chi connectivity index (χ1) is 17.5. The number of nitrogens with zero attached hydrogens (tertiary/aromatic N) is 3. The number of carbonyl (C=O) groups is 2. The van der Waals surface area contributed by atoms with Gasteiger partial charge in [-0.3, -0.25) is 14.7 Å². The van der Waals surface area contributed by atoms with Gasteiger partial charge >= 0.3 is 0 Å². The normalized spacial score (nSPS) is 27.6. The Morgan fingerprint density at radius 2 is 2.00 bits per heavy atom. The molecule has 2 heterocycles. The number of H-pyrrole nitrogens is 1. The summed E-state index contributed by atoms with van der Waals surface area (Å²) < 4.78 is 5.52. The van der Waals surface area contributed by atoms with Gasteiger partial charge in [0.2, 0.25) is 12.3 Å². The van der Waals surface area contributed by atoms with E-state index < -0.39 is 0 Å². The van der Waals surface area contributed by atoms with Crippen LogP contribution in [-0.4, -0.2) is 77.2 Å². The molecule has 4 rings (SSSR count). The third kappa shape index (κ3) is 6.82. The van der Waals surface area contributed by atoms with Gasteiger partial charge in [0.1, 0.15) is 0 Å². The van der Waals surface area contributed by atoms with Crippen LogP contribution >= 0.6 is 0 Å². The van der Waals surface area contributed by atoms with Crippen molar-refractivity contribution in [1.82, 2.24) is 25.3 Å². The monoisotopic (exact) mass is 515 g/mol. The maximum atomic E-state index is 12.9. The van der Waals surface area contributed by atoms with Crippen LogP contribution in [0, 0.1) is 11.3 Å². The molecule has 1 saturated heterocycles. The van der Waals surface area contributed by atoms with Crippen molar-refractivity contribution >= 4 is 12.3 Å². The lowest BCUT2D eigenvalue weighted by molar-refractivity contribution is -0.136. The van der Waals surface area contributed by atoms with E-state index in [1.807, 2.05) is 34.7 Å². The number of hydrogen-bond acceptors (Lipinski definition) is 5. The summed E-state index contributed by atoms with van der Waals surface area (Å²) in [5, 5.41) is 12.1. The van der Waals surface area contributed by atoms with E-state index in [1.54, 1.807) is 4.90 Å². The molecule has 4 atom stereocenters. The number of nitrogens with one attached hydrogen (secondary N) is 2. The molecule has 8 heteroatoms. The molecule has 3 aliphatic rings. The van der Waals surface area contributed by atoms with Crippen LogP contribution in [0.1, 0.15) is 84.7 Å². The van der Waals surface area contributed by atoms with Crippen LogP contribution < -0.4 is 5.32 Å². The summed E-state index contributed by atoms with van der Waals surface area (Å²) in [6, 6.07) is 0.298. The molecule has 1 aliphatic heterocycles. The Hall–Kier alpha value is -2.19. The molecule has 0 aromatic carbocycles. The summed E-state index contributed by atoms with van der Waals surface area (Å²) in [7, 11) is 1.84. The minimum atomic E-state index is -0.173. The highest BCUT2D eigenvalue weighted by atomic mass is 16.5. The quantitative estimate of drug-likeness (QED) is 0.386. The van der Waals surface area contributed by atoms with Gasteiger partial charge in [-0.25, -0.2) is 0 Å². The Morgan fingerprint density at radius 1 is 1.27 bits per heavy atom. The van der Waals surface area contributed by atoms with Crippen LogP contribution in [-0.2, 0) is 32.7 Å². The van der Waals surface area contributed by atoms with Crippen molar-refractivity contribution in [3.8, 4) is 0 Å². The van der Waals surface area contributed by atoms with E-state index >= 15 is 0 Å². The van der Waals surface area contributed by atoms with Gasteiger partial charge in [-0.05, 0) is 69.8 Å². The highest BCUT2D eigenvalue weighted by molar-refractivity contribution is 5.80. The van der Waals surface area contributed by atoms with Crippen LogP contribution in [0.4, 0.5) is 0 Å². The van der Waals surface area contributed by atoms with E-state index in [9.17, 15) is 9.59 Å². The van der Waals surface area contributed by atoms with Crippen molar-refractivity contribution in [2.45, 2.75) is 104 Å². The van der Waals surface area contributed by atoms with Gasteiger partial charge < -0.3 is 19.9 Å². The summed E-state index contributed by atoms with van der Waals surface area (Å²) in [5.74, 6) is 0.367. The van der Waals surface area contributed by atoms with Crippen molar-refractivity contribution in [2.75, 3.05) is 26.7 Å². The molecule has 3 unspecified atom stereocenters. The fraction of sp³-hybridized carbons (Fsp3) is 0.759. The van der Waals surface area contributed by atoms with Crippen LogP contribution in [0.5, 0.6) is 0 Å². The summed E-state index contributed by atoms with van der Waals surface area (Å²) in [6.07, 6.45) is 10.5. The second-order valence-electron chi connectivity index (χ2n) is 12.0. The van der Waals surface area contributed by atoms with Crippen LogP contribution in [0.25, 0.3) is 0 Å². The number of aromatic amines is 1. The Bertz CT molecular complexity index is 955. The summed E-state index contributed by atoms with van der Waals surface area (Å²) in [4.78, 5) is 27.7. The molecule has 2 aliphatic carbocycles. The molecule has 1 aromatic heterocycles. The van der Waals surface area contributed by atoms with E-state index in [1.165, 1.54) is 28.3 Å². The van der Waals surface area contributed by atoms with E-state index in [0.29, 0.717) is 30.5 Å². The molecule has 2 amide bonds. The molecule has 208 valence electrons. The lowest BCUT2D eigenvalue weighted by Gasteiger charge is -2.34. The standard InChI is InChI=1S/C27H43N5O3.C2H6/c1-18(2)35-12-11-32(17-33)16-24(34)31(6)20-8-7-19-14-27(5,28-22(19)13-20)25-21-9-10-26(3,4)15-23(21)29-30-25;1-2/h7-8,17-20,22,28H,9-16H2,1-6H3,(H,29,30);1-2H3/t19?,20?,22?,27-;/m1./s1. The first-order valence-corrected chi connectivity index (χ1v) is 14.1. The predicted molar refractivity (Wildman–Crippen MR) is 147 cm³/mol. The highest BCUT2D eigenvalue weighted by Gasteiger charge is 2.47. The van der Waals surface area contributed by atoms with E-state index in [2.05, 4.69) is 43.3 Å². The molecular weight excluding hydrogens is 466 g/mol. The van der Waals surface area contributed by atoms with Crippen LogP contribution in [0.15, 0.2) is 12.2 Å². The number of likely N-dealkylation sites (N-methyl/N-ethyl adjacent to an activating group) is 1. The van der Waals surface area contributed by atoms with Gasteiger partial charge in [-0.15, -0.1) is 0 Å². The fourth-order valence-electron chi connectivity index (χ4n) is 6.04. The zero-order valence-electron chi connectivity index (χ0n) is 24.3. The summed E-state index contributed by atoms with van der Waals surface area (Å²) in [5.41, 5.74) is 4.03. The predicted octanol–water partition coefficient (Wildman–Crippen LogP) is 3.81. The second kappa shape index (κ2) is 12.1. The Morgan fingerprint density at radius 3 is 2.68 bits per heavy atom. The molecule has 1 fully saturated rings. The van der Waals surface area contributed by atoms with Crippen LogP contribution in [0.2, 0.25) is 0 Å². The molecular formula is C29H49N5O3. The average Bonchev–Trinajstić information content (AvgIpc) is 3.43. The lowest BCUT2D eigenvalue weighted by Crippen LogP contribution is -2.48. The molecule has 1 aromatic rings. The smallest absolute Gasteiger partial charge is 0.242 e. The minimum absolute atomic E-state index is 0.00733. The third-order valence-electron chi connectivity index (χ3n) is 8.13. The number of hydrogen-bond donors (Lipinski definition) is 2. The Kier molecular flexibility index (Phi) is 9.62. The van der Waals surface area contributed by atoms with E-state index in [0.717, 1.165) is 32.1 Å². The molecule has 0 saturated carbocycles. The van der Waals surface area contributed by atoms with E-state index in [-0.39, 0.29) is 30.1 Å². The average molecular weight is 516 g/mol. The van der Waals surface area contributed by atoms with Gasteiger partial charge in [-0.1, -0.05) is 39.8 Å². The maximum absolute atomic E-state index is 12.9. The molecule has 37 heavy (non-hydrogen) atoms. The second-order valence-corrected chi connectivity index (χ2v) is 12.0. The lowest BCUT2D eigenvalue weighted by atomic mass is 9.74. The van der Waals surface area contributed by atoms with Gasteiger partial charge in [0.15, 0.2) is 0 Å². The largest absolute Gasteiger partial charge is 0.377 e.